The fourth-order valence-corrected chi connectivity index (χ4v) is 6.61. The fraction of sp³-hybridized carbons (Fsp3) is 0.800. The lowest BCUT2D eigenvalue weighted by atomic mass is 9.46. The lowest BCUT2D eigenvalue weighted by Gasteiger charge is -2.58. The van der Waals surface area contributed by atoms with Gasteiger partial charge in [-0.2, -0.15) is 0 Å². The Hall–Kier alpha value is -0.920. The molecule has 3 saturated carbocycles. The average Bonchev–Trinajstić information content (AvgIpc) is 2.77. The van der Waals surface area contributed by atoms with E-state index in [1.54, 1.807) is 0 Å². The number of carbonyl (C=O) groups is 2. The number of hydrogen-bond acceptors (Lipinski definition) is 2. The van der Waals surface area contributed by atoms with Gasteiger partial charge in [-0.05, 0) is 54.8 Å². The van der Waals surface area contributed by atoms with Crippen molar-refractivity contribution in [3.05, 3.63) is 11.6 Å². The Morgan fingerprint density at radius 3 is 2.50 bits per heavy atom. The molecule has 0 amide bonds. The zero-order chi connectivity index (χ0) is 15.7. The number of rotatable bonds is 0. The molecule has 22 heavy (non-hydrogen) atoms. The number of Topliss-reactive ketones (excluding diaryl/α,β-unsaturated/α-hetero) is 2. The SMILES string of the molecule is CC1C=C2CC(=O)CC[C@]2(C)[C@@H]2CC[C@]3(C)C(=O)CC[C@H]3[C@H]12. The van der Waals surface area contributed by atoms with Crippen LogP contribution in [0, 0.1) is 34.5 Å². The summed E-state index contributed by atoms with van der Waals surface area (Å²) < 4.78 is 0. The molecule has 0 aliphatic heterocycles. The monoisotopic (exact) mass is 300 g/mol. The number of allylic oxidation sites excluding steroid dienone is 2. The van der Waals surface area contributed by atoms with Crippen LogP contribution in [0.4, 0.5) is 0 Å². The molecule has 0 aromatic heterocycles. The predicted molar refractivity (Wildman–Crippen MR) is 86.3 cm³/mol. The van der Waals surface area contributed by atoms with Crippen molar-refractivity contribution in [2.75, 3.05) is 0 Å². The molecule has 2 nitrogen and oxygen atoms in total. The quantitative estimate of drug-likeness (QED) is 0.624. The molecule has 1 unspecified atom stereocenters. The van der Waals surface area contributed by atoms with E-state index in [0.29, 0.717) is 41.7 Å². The Morgan fingerprint density at radius 1 is 1.00 bits per heavy atom. The van der Waals surface area contributed by atoms with Gasteiger partial charge in [-0.15, -0.1) is 0 Å². The number of hydrogen-bond donors (Lipinski definition) is 0. The van der Waals surface area contributed by atoms with Crippen molar-refractivity contribution in [2.24, 2.45) is 34.5 Å². The summed E-state index contributed by atoms with van der Waals surface area (Å²) in [6.07, 6.45) is 9.03. The van der Waals surface area contributed by atoms with Gasteiger partial charge >= 0.3 is 0 Å². The fourth-order valence-electron chi connectivity index (χ4n) is 6.61. The molecule has 120 valence electrons. The summed E-state index contributed by atoms with van der Waals surface area (Å²) >= 11 is 0. The average molecular weight is 300 g/mol. The Labute approximate surface area is 133 Å². The number of ketones is 2. The Kier molecular flexibility index (Phi) is 3.03. The van der Waals surface area contributed by atoms with E-state index in [-0.39, 0.29) is 10.8 Å². The van der Waals surface area contributed by atoms with Crippen molar-refractivity contribution >= 4 is 11.6 Å². The van der Waals surface area contributed by atoms with Gasteiger partial charge in [0, 0.05) is 24.7 Å². The summed E-state index contributed by atoms with van der Waals surface area (Å²) in [5.41, 5.74) is 1.59. The minimum absolute atomic E-state index is 0.0540. The molecular weight excluding hydrogens is 272 g/mol. The maximum Gasteiger partial charge on any atom is 0.139 e. The molecular formula is C20H28O2. The zero-order valence-electron chi connectivity index (χ0n) is 14.2. The van der Waals surface area contributed by atoms with Crippen molar-refractivity contribution in [3.63, 3.8) is 0 Å². The van der Waals surface area contributed by atoms with Crippen molar-refractivity contribution in [1.82, 2.24) is 0 Å². The van der Waals surface area contributed by atoms with Gasteiger partial charge in [0.15, 0.2) is 0 Å². The molecule has 0 saturated heterocycles. The van der Waals surface area contributed by atoms with Gasteiger partial charge in [0.1, 0.15) is 11.6 Å². The lowest BCUT2D eigenvalue weighted by molar-refractivity contribution is -0.133. The first kappa shape index (κ1) is 14.7. The highest BCUT2D eigenvalue weighted by Crippen LogP contribution is 2.64. The molecule has 4 aliphatic carbocycles. The van der Waals surface area contributed by atoms with Crippen LogP contribution in [0.5, 0.6) is 0 Å². The van der Waals surface area contributed by atoms with Crippen LogP contribution in [-0.4, -0.2) is 11.6 Å². The standard InChI is InChI=1S/C20H28O2/c1-12-10-13-11-14(21)6-8-19(13,2)16-7-9-20(3)15(18(12)16)4-5-17(20)22/h10,12,15-16,18H,4-9,11H2,1-3H3/t12?,15-,16+,18-,19-,20-/m0/s1. The zero-order valence-corrected chi connectivity index (χ0v) is 14.2. The molecule has 4 rings (SSSR count). The summed E-state index contributed by atoms with van der Waals surface area (Å²) in [6, 6.07) is 0. The maximum atomic E-state index is 12.5. The molecule has 0 bridgehead atoms. The highest BCUT2D eigenvalue weighted by Gasteiger charge is 2.59. The minimum atomic E-state index is -0.0540. The summed E-state index contributed by atoms with van der Waals surface area (Å²) in [5, 5.41) is 0. The molecule has 2 heteroatoms. The van der Waals surface area contributed by atoms with Crippen LogP contribution >= 0.6 is 0 Å². The van der Waals surface area contributed by atoms with Crippen LogP contribution < -0.4 is 0 Å². The first-order valence-electron chi connectivity index (χ1n) is 9.12. The van der Waals surface area contributed by atoms with E-state index in [1.165, 1.54) is 12.0 Å². The van der Waals surface area contributed by atoms with Crippen LogP contribution in [0.1, 0.15) is 65.7 Å². The maximum absolute atomic E-state index is 12.5. The van der Waals surface area contributed by atoms with E-state index in [9.17, 15) is 9.59 Å². The van der Waals surface area contributed by atoms with Crippen LogP contribution in [0.15, 0.2) is 11.6 Å². The highest BCUT2D eigenvalue weighted by molar-refractivity contribution is 5.87. The molecule has 0 aromatic rings. The Bertz CT molecular complexity index is 574. The van der Waals surface area contributed by atoms with Crippen LogP contribution in [-0.2, 0) is 9.59 Å². The Balaban J connectivity index is 1.76. The molecule has 0 spiro atoms. The van der Waals surface area contributed by atoms with Gasteiger partial charge < -0.3 is 0 Å². The minimum Gasteiger partial charge on any atom is -0.299 e. The van der Waals surface area contributed by atoms with Crippen LogP contribution in [0.3, 0.4) is 0 Å². The van der Waals surface area contributed by atoms with Crippen LogP contribution in [0.25, 0.3) is 0 Å². The van der Waals surface area contributed by atoms with E-state index in [2.05, 4.69) is 26.8 Å². The first-order valence-corrected chi connectivity index (χ1v) is 9.12. The summed E-state index contributed by atoms with van der Waals surface area (Å²) in [7, 11) is 0. The molecule has 0 N–H and O–H groups in total. The molecule has 3 fully saturated rings. The lowest BCUT2D eigenvalue weighted by Crippen LogP contribution is -2.52. The second-order valence-corrected chi connectivity index (χ2v) is 8.89. The van der Waals surface area contributed by atoms with Gasteiger partial charge in [-0.3, -0.25) is 9.59 Å². The molecule has 0 heterocycles. The number of fused-ring (bicyclic) bond motifs is 5. The third kappa shape index (κ3) is 1.73. The van der Waals surface area contributed by atoms with Crippen LogP contribution in [0.2, 0.25) is 0 Å². The van der Waals surface area contributed by atoms with E-state index in [4.69, 9.17) is 0 Å². The summed E-state index contributed by atoms with van der Waals surface area (Å²) in [6.45, 7) is 6.98. The Morgan fingerprint density at radius 2 is 1.73 bits per heavy atom. The van der Waals surface area contributed by atoms with Gasteiger partial charge in [0.05, 0.1) is 0 Å². The molecule has 6 atom stereocenters. The summed E-state index contributed by atoms with van der Waals surface area (Å²) in [4.78, 5) is 24.4. The largest absolute Gasteiger partial charge is 0.299 e. The number of carbonyl (C=O) groups excluding carboxylic acids is 2. The van der Waals surface area contributed by atoms with Crippen molar-refractivity contribution in [2.45, 2.75) is 65.7 Å². The van der Waals surface area contributed by atoms with Crippen molar-refractivity contribution < 1.29 is 9.59 Å². The van der Waals surface area contributed by atoms with E-state index in [1.807, 2.05) is 0 Å². The van der Waals surface area contributed by atoms with Gasteiger partial charge in [-0.1, -0.05) is 32.4 Å². The molecule has 0 radical (unpaired) electrons. The van der Waals surface area contributed by atoms with Gasteiger partial charge in [0.25, 0.3) is 0 Å². The van der Waals surface area contributed by atoms with Gasteiger partial charge in [-0.25, -0.2) is 0 Å². The normalized spacial score (nSPS) is 51.0. The second-order valence-electron chi connectivity index (χ2n) is 8.89. The first-order chi connectivity index (χ1) is 10.4. The predicted octanol–water partition coefficient (Wildman–Crippen LogP) is 4.33. The van der Waals surface area contributed by atoms with E-state index in [0.717, 1.165) is 32.1 Å². The second kappa shape index (κ2) is 4.55. The summed E-state index contributed by atoms with van der Waals surface area (Å²) in [5.74, 6) is 3.36. The highest BCUT2D eigenvalue weighted by atomic mass is 16.1. The van der Waals surface area contributed by atoms with Crippen molar-refractivity contribution in [3.8, 4) is 0 Å². The van der Waals surface area contributed by atoms with E-state index >= 15 is 0 Å². The van der Waals surface area contributed by atoms with Gasteiger partial charge in [0.2, 0.25) is 0 Å². The third-order valence-corrected chi connectivity index (χ3v) is 7.98. The molecule has 4 aliphatic rings. The third-order valence-electron chi connectivity index (χ3n) is 7.98. The molecule has 0 aromatic carbocycles. The topological polar surface area (TPSA) is 34.1 Å². The van der Waals surface area contributed by atoms with E-state index < -0.39 is 0 Å². The smallest absolute Gasteiger partial charge is 0.139 e. The van der Waals surface area contributed by atoms with Crippen molar-refractivity contribution in [1.29, 1.82) is 0 Å².